The smallest absolute Gasteiger partial charge is 0.246 e. The van der Waals surface area contributed by atoms with Gasteiger partial charge in [-0.2, -0.15) is 4.31 Å². The van der Waals surface area contributed by atoms with Crippen LogP contribution < -0.4 is 5.32 Å². The van der Waals surface area contributed by atoms with Crippen molar-refractivity contribution in [3.05, 3.63) is 29.0 Å². The van der Waals surface area contributed by atoms with E-state index in [0.717, 1.165) is 19.4 Å². The zero-order valence-electron chi connectivity index (χ0n) is 11.3. The van der Waals surface area contributed by atoms with Gasteiger partial charge in [0.05, 0.1) is 5.02 Å². The van der Waals surface area contributed by atoms with Crippen molar-refractivity contribution in [1.82, 2.24) is 9.62 Å². The molecule has 0 saturated carbocycles. The highest BCUT2D eigenvalue weighted by atomic mass is 35.5. The van der Waals surface area contributed by atoms with Gasteiger partial charge in [0.2, 0.25) is 10.0 Å². The number of halogens is 2. The molecule has 20 heavy (non-hydrogen) atoms. The van der Waals surface area contributed by atoms with Crippen LogP contribution in [-0.4, -0.2) is 38.4 Å². The highest BCUT2D eigenvalue weighted by Gasteiger charge is 2.30. The van der Waals surface area contributed by atoms with Crippen molar-refractivity contribution in [2.24, 2.45) is 0 Å². The number of nitrogens with one attached hydrogen (secondary N) is 1. The number of benzene rings is 1. The van der Waals surface area contributed by atoms with Crippen LogP contribution in [0.15, 0.2) is 23.1 Å². The lowest BCUT2D eigenvalue weighted by atomic mass is 10.2. The van der Waals surface area contributed by atoms with Crippen molar-refractivity contribution in [3.8, 4) is 0 Å². The minimum Gasteiger partial charge on any atom is -0.313 e. The number of likely N-dealkylation sites (N-methyl/N-ethyl adjacent to an activating group) is 1. The topological polar surface area (TPSA) is 49.4 Å². The number of hydrogen-bond acceptors (Lipinski definition) is 3. The molecule has 1 aromatic carbocycles. The van der Waals surface area contributed by atoms with Crippen LogP contribution in [0.3, 0.4) is 0 Å². The van der Waals surface area contributed by atoms with Gasteiger partial charge >= 0.3 is 0 Å². The molecule has 0 spiro atoms. The average molecular weight is 321 g/mol. The summed E-state index contributed by atoms with van der Waals surface area (Å²) >= 11 is 5.67. The van der Waals surface area contributed by atoms with Gasteiger partial charge in [-0.3, -0.25) is 0 Å². The molecule has 0 aliphatic carbocycles. The molecule has 1 aliphatic heterocycles. The molecule has 1 aliphatic rings. The molecular weight excluding hydrogens is 303 g/mol. The van der Waals surface area contributed by atoms with Gasteiger partial charge in [0.1, 0.15) is 4.90 Å². The van der Waals surface area contributed by atoms with Crippen molar-refractivity contribution in [1.29, 1.82) is 0 Å². The number of sulfonamides is 1. The van der Waals surface area contributed by atoms with E-state index in [1.54, 1.807) is 6.92 Å². The molecule has 1 aromatic rings. The Morgan fingerprint density at radius 2 is 2.25 bits per heavy atom. The van der Waals surface area contributed by atoms with Crippen molar-refractivity contribution >= 4 is 21.6 Å². The standard InChI is InChI=1S/C13H18ClFN2O2S/c1-2-17(9-10-5-4-8-16-10)20(18,19)12-7-3-6-11(14)13(12)15/h3,6-7,10,16H,2,4-5,8-9H2,1H3. The Morgan fingerprint density at radius 1 is 1.50 bits per heavy atom. The Morgan fingerprint density at radius 3 is 2.85 bits per heavy atom. The van der Waals surface area contributed by atoms with Crippen LogP contribution in [-0.2, 0) is 10.0 Å². The molecule has 0 amide bonds. The summed E-state index contributed by atoms with van der Waals surface area (Å²) in [6.45, 7) is 3.29. The van der Waals surface area contributed by atoms with Gasteiger partial charge in [0.25, 0.3) is 0 Å². The molecule has 1 saturated heterocycles. The maximum atomic E-state index is 14.0. The van der Waals surface area contributed by atoms with E-state index in [9.17, 15) is 12.8 Å². The fourth-order valence-corrected chi connectivity index (χ4v) is 4.19. The Labute approximate surface area is 124 Å². The van der Waals surface area contributed by atoms with Crippen molar-refractivity contribution < 1.29 is 12.8 Å². The largest absolute Gasteiger partial charge is 0.313 e. The Kier molecular flexibility index (Phi) is 5.01. The van der Waals surface area contributed by atoms with Crippen LogP contribution >= 0.6 is 11.6 Å². The minimum absolute atomic E-state index is 0.131. The van der Waals surface area contributed by atoms with E-state index in [2.05, 4.69) is 5.32 Å². The summed E-state index contributed by atoms with van der Waals surface area (Å²) in [5.74, 6) is -0.882. The first-order valence-electron chi connectivity index (χ1n) is 6.64. The van der Waals surface area contributed by atoms with E-state index in [0.29, 0.717) is 13.1 Å². The summed E-state index contributed by atoms with van der Waals surface area (Å²) in [6, 6.07) is 4.17. The molecule has 112 valence electrons. The molecule has 1 N–H and O–H groups in total. The van der Waals surface area contributed by atoms with E-state index in [-0.39, 0.29) is 16.0 Å². The quantitative estimate of drug-likeness (QED) is 0.905. The highest BCUT2D eigenvalue weighted by molar-refractivity contribution is 7.89. The van der Waals surface area contributed by atoms with Crippen LogP contribution in [0.25, 0.3) is 0 Å². The van der Waals surface area contributed by atoms with Crippen LogP contribution in [0, 0.1) is 5.82 Å². The van der Waals surface area contributed by atoms with Gasteiger partial charge in [0.15, 0.2) is 5.82 Å². The zero-order valence-corrected chi connectivity index (χ0v) is 12.8. The fourth-order valence-electron chi connectivity index (χ4n) is 2.38. The lowest BCUT2D eigenvalue weighted by Crippen LogP contribution is -2.41. The summed E-state index contributed by atoms with van der Waals surface area (Å²) in [5.41, 5.74) is 0. The maximum Gasteiger partial charge on any atom is 0.246 e. The number of hydrogen-bond donors (Lipinski definition) is 1. The molecule has 1 fully saturated rings. The highest BCUT2D eigenvalue weighted by Crippen LogP contribution is 2.25. The monoisotopic (exact) mass is 320 g/mol. The van der Waals surface area contributed by atoms with Crippen molar-refractivity contribution in [3.63, 3.8) is 0 Å². The van der Waals surface area contributed by atoms with Gasteiger partial charge in [-0.25, -0.2) is 12.8 Å². The molecule has 0 bridgehead atoms. The van der Waals surface area contributed by atoms with Crippen LogP contribution in [0.5, 0.6) is 0 Å². The van der Waals surface area contributed by atoms with E-state index in [4.69, 9.17) is 11.6 Å². The number of rotatable bonds is 5. The lowest BCUT2D eigenvalue weighted by molar-refractivity contribution is 0.380. The molecule has 0 aromatic heterocycles. The molecular formula is C13H18ClFN2O2S. The van der Waals surface area contributed by atoms with Crippen molar-refractivity contribution in [2.75, 3.05) is 19.6 Å². The summed E-state index contributed by atoms with van der Waals surface area (Å²) < 4.78 is 40.3. The van der Waals surface area contributed by atoms with E-state index in [1.807, 2.05) is 0 Å². The molecule has 2 rings (SSSR count). The molecule has 7 heteroatoms. The van der Waals surface area contributed by atoms with Gasteiger partial charge in [-0.15, -0.1) is 0 Å². The number of nitrogens with zero attached hydrogens (tertiary/aromatic N) is 1. The SMILES string of the molecule is CCN(CC1CCCN1)S(=O)(=O)c1cccc(Cl)c1F. The maximum absolute atomic E-state index is 14.0. The first-order valence-corrected chi connectivity index (χ1v) is 8.46. The van der Waals surface area contributed by atoms with E-state index >= 15 is 0 Å². The molecule has 1 atom stereocenters. The average Bonchev–Trinajstić information content (AvgIpc) is 2.91. The van der Waals surface area contributed by atoms with E-state index < -0.39 is 15.8 Å². The third-order valence-electron chi connectivity index (χ3n) is 3.47. The lowest BCUT2D eigenvalue weighted by Gasteiger charge is -2.24. The van der Waals surface area contributed by atoms with Crippen LogP contribution in [0.1, 0.15) is 19.8 Å². The Balaban J connectivity index is 2.28. The minimum atomic E-state index is -3.86. The normalized spacial score (nSPS) is 19.7. The first-order chi connectivity index (χ1) is 9.46. The second-order valence-electron chi connectivity index (χ2n) is 4.80. The fraction of sp³-hybridized carbons (Fsp3) is 0.538. The van der Waals surface area contributed by atoms with Gasteiger partial charge in [0, 0.05) is 19.1 Å². The summed E-state index contributed by atoms with van der Waals surface area (Å²) in [6.07, 6.45) is 1.97. The van der Waals surface area contributed by atoms with Gasteiger partial charge < -0.3 is 5.32 Å². The van der Waals surface area contributed by atoms with Crippen molar-refractivity contribution in [2.45, 2.75) is 30.7 Å². The second-order valence-corrected chi connectivity index (χ2v) is 7.11. The Bertz CT molecular complexity index is 574. The predicted octanol–water partition coefficient (Wildman–Crippen LogP) is 2.24. The third kappa shape index (κ3) is 3.14. The molecule has 0 radical (unpaired) electrons. The van der Waals surface area contributed by atoms with Gasteiger partial charge in [-0.1, -0.05) is 24.6 Å². The predicted molar refractivity (Wildman–Crippen MR) is 76.9 cm³/mol. The molecule has 4 nitrogen and oxygen atoms in total. The molecule has 1 heterocycles. The zero-order chi connectivity index (χ0) is 14.8. The van der Waals surface area contributed by atoms with E-state index in [1.165, 1.54) is 22.5 Å². The summed E-state index contributed by atoms with van der Waals surface area (Å²) in [7, 11) is -3.86. The second kappa shape index (κ2) is 6.39. The van der Waals surface area contributed by atoms with Crippen LogP contribution in [0.4, 0.5) is 4.39 Å². The summed E-state index contributed by atoms with van der Waals surface area (Å²) in [4.78, 5) is -0.357. The van der Waals surface area contributed by atoms with Gasteiger partial charge in [-0.05, 0) is 31.5 Å². The molecule has 1 unspecified atom stereocenters. The Hall–Kier alpha value is -0.690. The first kappa shape index (κ1) is 15.7. The van der Waals surface area contributed by atoms with Crippen LogP contribution in [0.2, 0.25) is 5.02 Å². The third-order valence-corrected chi connectivity index (χ3v) is 5.72. The summed E-state index contributed by atoms with van der Waals surface area (Å²) in [5, 5.41) is 3.07.